The molecule has 0 aliphatic carbocycles. The molecule has 0 fully saturated rings. The predicted octanol–water partition coefficient (Wildman–Crippen LogP) is 5.52. The highest BCUT2D eigenvalue weighted by molar-refractivity contribution is 9.10. The minimum absolute atomic E-state index is 0.120. The number of nitrogens with one attached hydrogen (secondary N) is 1. The largest absolute Gasteiger partial charge is 0.436 e. The van der Waals surface area contributed by atoms with E-state index >= 15 is 0 Å². The van der Waals surface area contributed by atoms with Gasteiger partial charge in [-0.05, 0) is 61.0 Å². The number of nitrogens with zero attached hydrogens (tertiary/aromatic N) is 2. The molecule has 0 saturated carbocycles. The predicted molar refractivity (Wildman–Crippen MR) is 93.3 cm³/mol. The van der Waals surface area contributed by atoms with Crippen LogP contribution in [0.4, 0.5) is 5.82 Å². The Kier molecular flexibility index (Phi) is 3.87. The lowest BCUT2D eigenvalue weighted by Crippen LogP contribution is -2.27. The Balaban J connectivity index is 2.14. The number of hydrogen-bond donors (Lipinski definition) is 1. The molecule has 22 heavy (non-hydrogen) atoms. The first-order chi connectivity index (χ1) is 10.3. The molecule has 0 aliphatic rings. The van der Waals surface area contributed by atoms with E-state index in [-0.39, 0.29) is 5.54 Å². The van der Waals surface area contributed by atoms with Crippen LogP contribution in [0.1, 0.15) is 20.8 Å². The van der Waals surface area contributed by atoms with Crippen LogP contribution in [0.2, 0.25) is 5.02 Å². The molecule has 0 atom stereocenters. The van der Waals surface area contributed by atoms with Gasteiger partial charge in [-0.2, -0.15) is 0 Å². The quantitative estimate of drug-likeness (QED) is 0.636. The smallest absolute Gasteiger partial charge is 0.231 e. The van der Waals surface area contributed by atoms with Gasteiger partial charge in [0, 0.05) is 21.2 Å². The Hall–Kier alpha value is -1.59. The lowest BCUT2D eigenvalue weighted by molar-refractivity contribution is 0.614. The van der Waals surface area contributed by atoms with Crippen molar-refractivity contribution in [1.82, 2.24) is 9.97 Å². The second-order valence-corrected chi connectivity index (χ2v) is 7.41. The number of anilines is 1. The number of pyridine rings is 1. The van der Waals surface area contributed by atoms with Crippen LogP contribution < -0.4 is 5.32 Å². The first-order valence-corrected chi connectivity index (χ1v) is 7.99. The summed E-state index contributed by atoms with van der Waals surface area (Å²) in [7, 11) is 0. The summed E-state index contributed by atoms with van der Waals surface area (Å²) in [5, 5.41) is 4.01. The van der Waals surface area contributed by atoms with Crippen LogP contribution >= 0.6 is 27.5 Å². The molecule has 1 N–H and O–H groups in total. The number of oxazole rings is 1. The molecule has 2 heterocycles. The van der Waals surface area contributed by atoms with E-state index in [2.05, 4.69) is 52.0 Å². The van der Waals surface area contributed by atoms with E-state index in [0.29, 0.717) is 16.5 Å². The first-order valence-electron chi connectivity index (χ1n) is 6.82. The standard InChI is InChI=1S/C16H15BrClN3O/c1-16(2,3)21-14-11(6-9(17)8-19-14)15-20-12-7-10(18)4-5-13(12)22-15/h4-8H,1-3H3,(H,19,21). The Morgan fingerprint density at radius 1 is 1.23 bits per heavy atom. The van der Waals surface area contributed by atoms with Gasteiger partial charge in [0.2, 0.25) is 5.89 Å². The van der Waals surface area contributed by atoms with Crippen LogP contribution in [0, 0.1) is 0 Å². The van der Waals surface area contributed by atoms with Crippen LogP contribution in [0.25, 0.3) is 22.6 Å². The summed E-state index contributed by atoms with van der Waals surface area (Å²) in [4.78, 5) is 8.97. The maximum Gasteiger partial charge on any atom is 0.231 e. The molecule has 0 bridgehead atoms. The van der Waals surface area contributed by atoms with E-state index < -0.39 is 0 Å². The number of benzene rings is 1. The highest BCUT2D eigenvalue weighted by Crippen LogP contribution is 2.32. The summed E-state index contributed by atoms with van der Waals surface area (Å²) in [6.45, 7) is 6.23. The number of aromatic nitrogens is 2. The Bertz CT molecular complexity index is 839. The molecule has 0 unspecified atom stereocenters. The minimum Gasteiger partial charge on any atom is -0.436 e. The van der Waals surface area contributed by atoms with Gasteiger partial charge in [-0.25, -0.2) is 9.97 Å². The van der Waals surface area contributed by atoms with Crippen molar-refractivity contribution in [2.24, 2.45) is 0 Å². The summed E-state index contributed by atoms with van der Waals surface area (Å²) in [6.07, 6.45) is 1.75. The Morgan fingerprint density at radius 2 is 2.00 bits per heavy atom. The first kappa shape index (κ1) is 15.3. The maximum absolute atomic E-state index is 6.00. The van der Waals surface area contributed by atoms with Crippen LogP contribution in [-0.2, 0) is 0 Å². The number of hydrogen-bond acceptors (Lipinski definition) is 4. The highest BCUT2D eigenvalue weighted by atomic mass is 79.9. The van der Waals surface area contributed by atoms with E-state index in [1.54, 1.807) is 18.3 Å². The third-order valence-corrected chi connectivity index (χ3v) is 3.60. The molecule has 0 radical (unpaired) electrons. The number of halogens is 2. The van der Waals surface area contributed by atoms with E-state index in [0.717, 1.165) is 21.4 Å². The van der Waals surface area contributed by atoms with Crippen LogP contribution in [-0.4, -0.2) is 15.5 Å². The fourth-order valence-corrected chi connectivity index (χ4v) is 2.57. The average Bonchev–Trinajstić information content (AvgIpc) is 2.82. The third-order valence-electron chi connectivity index (χ3n) is 2.93. The third kappa shape index (κ3) is 3.25. The summed E-state index contributed by atoms with van der Waals surface area (Å²) >= 11 is 9.45. The molecule has 3 rings (SSSR count). The van der Waals surface area contributed by atoms with Crippen molar-refractivity contribution in [2.45, 2.75) is 26.3 Å². The molecule has 114 valence electrons. The fraction of sp³-hybridized carbons (Fsp3) is 0.250. The lowest BCUT2D eigenvalue weighted by atomic mass is 10.1. The van der Waals surface area contributed by atoms with Gasteiger partial charge < -0.3 is 9.73 Å². The maximum atomic E-state index is 6.00. The Morgan fingerprint density at radius 3 is 2.73 bits per heavy atom. The monoisotopic (exact) mass is 379 g/mol. The SMILES string of the molecule is CC(C)(C)Nc1ncc(Br)cc1-c1nc2cc(Cl)ccc2o1. The molecule has 0 saturated heterocycles. The molecule has 3 aromatic rings. The molecule has 2 aromatic heterocycles. The lowest BCUT2D eigenvalue weighted by Gasteiger charge is -2.22. The second-order valence-electron chi connectivity index (χ2n) is 6.06. The topological polar surface area (TPSA) is 51.0 Å². The molecule has 6 heteroatoms. The number of rotatable bonds is 2. The van der Waals surface area contributed by atoms with Gasteiger partial charge in [0.15, 0.2) is 5.58 Å². The van der Waals surface area contributed by atoms with Gasteiger partial charge >= 0.3 is 0 Å². The van der Waals surface area contributed by atoms with Crippen molar-refractivity contribution in [3.05, 3.63) is 40.0 Å². The number of fused-ring (bicyclic) bond motifs is 1. The van der Waals surface area contributed by atoms with Gasteiger partial charge in [-0.1, -0.05) is 11.6 Å². The zero-order valence-electron chi connectivity index (χ0n) is 12.4. The minimum atomic E-state index is -0.120. The average molecular weight is 381 g/mol. The van der Waals surface area contributed by atoms with Crippen molar-refractivity contribution in [3.63, 3.8) is 0 Å². The summed E-state index contributed by atoms with van der Waals surface area (Å²) in [5.74, 6) is 1.24. The van der Waals surface area contributed by atoms with Gasteiger partial charge in [0.05, 0.1) is 5.56 Å². The fourth-order valence-electron chi connectivity index (χ4n) is 2.07. The van der Waals surface area contributed by atoms with Crippen LogP contribution in [0.5, 0.6) is 0 Å². The summed E-state index contributed by atoms with van der Waals surface area (Å²) in [6, 6.07) is 7.32. The van der Waals surface area contributed by atoms with Gasteiger partial charge in [0.1, 0.15) is 11.3 Å². The molecule has 0 amide bonds. The van der Waals surface area contributed by atoms with Gasteiger partial charge in [0.25, 0.3) is 0 Å². The zero-order valence-corrected chi connectivity index (χ0v) is 14.8. The molecule has 0 spiro atoms. The zero-order chi connectivity index (χ0) is 15.9. The van der Waals surface area contributed by atoms with Crippen LogP contribution in [0.3, 0.4) is 0 Å². The normalized spacial score (nSPS) is 11.9. The molecule has 0 aliphatic heterocycles. The van der Waals surface area contributed by atoms with Gasteiger partial charge in [-0.15, -0.1) is 0 Å². The van der Waals surface area contributed by atoms with Crippen molar-refractivity contribution >= 4 is 44.4 Å². The van der Waals surface area contributed by atoms with Crippen molar-refractivity contribution in [2.75, 3.05) is 5.32 Å². The molecular weight excluding hydrogens is 366 g/mol. The second kappa shape index (κ2) is 5.56. The summed E-state index contributed by atoms with van der Waals surface area (Å²) < 4.78 is 6.71. The van der Waals surface area contributed by atoms with E-state index in [9.17, 15) is 0 Å². The van der Waals surface area contributed by atoms with Gasteiger partial charge in [-0.3, -0.25) is 0 Å². The van der Waals surface area contributed by atoms with Crippen molar-refractivity contribution in [3.8, 4) is 11.5 Å². The van der Waals surface area contributed by atoms with E-state index in [1.165, 1.54) is 0 Å². The van der Waals surface area contributed by atoms with E-state index in [4.69, 9.17) is 16.0 Å². The van der Waals surface area contributed by atoms with E-state index in [1.807, 2.05) is 12.1 Å². The van der Waals surface area contributed by atoms with Crippen LogP contribution in [0.15, 0.2) is 39.4 Å². The molecule has 4 nitrogen and oxygen atoms in total. The summed E-state index contributed by atoms with van der Waals surface area (Å²) in [5.41, 5.74) is 2.10. The highest BCUT2D eigenvalue weighted by Gasteiger charge is 2.18. The van der Waals surface area contributed by atoms with Crippen molar-refractivity contribution < 1.29 is 4.42 Å². The molecular formula is C16H15BrClN3O. The molecule has 1 aromatic carbocycles. The van der Waals surface area contributed by atoms with Crippen molar-refractivity contribution in [1.29, 1.82) is 0 Å². The Labute approximate surface area is 142 Å².